The number of carbonyl (C=O) groups excluding carboxylic acids is 1. The lowest BCUT2D eigenvalue weighted by molar-refractivity contribution is -0.276. The van der Waals surface area contributed by atoms with Gasteiger partial charge < -0.3 is 25.0 Å². The Balaban J connectivity index is 1.39. The normalized spacial score (nSPS) is 21.3. The molecule has 0 aromatic heterocycles. The van der Waals surface area contributed by atoms with E-state index in [1.807, 2.05) is 98.9 Å². The Morgan fingerprint density at radius 3 is 2.20 bits per heavy atom. The zero-order chi connectivity index (χ0) is 31.9. The van der Waals surface area contributed by atoms with Gasteiger partial charge in [-0.3, -0.25) is 9.69 Å². The summed E-state index contributed by atoms with van der Waals surface area (Å²) >= 11 is 0. The molecule has 7 nitrogen and oxygen atoms in total. The Kier molecular flexibility index (Phi) is 10.8. The van der Waals surface area contributed by atoms with Gasteiger partial charge in [-0.2, -0.15) is 0 Å². The van der Waals surface area contributed by atoms with Crippen molar-refractivity contribution in [2.75, 3.05) is 13.6 Å². The number of hydrogen-bond acceptors (Lipinski definition) is 6. The molecule has 7 heteroatoms. The van der Waals surface area contributed by atoms with E-state index in [1.165, 1.54) is 6.92 Å². The lowest BCUT2D eigenvalue weighted by atomic mass is 9.89. The first kappa shape index (κ1) is 32.5. The van der Waals surface area contributed by atoms with Crippen molar-refractivity contribution in [2.24, 2.45) is 5.92 Å². The summed E-state index contributed by atoms with van der Waals surface area (Å²) in [6, 6.07) is 33.8. The third-order valence-corrected chi connectivity index (χ3v) is 8.92. The molecule has 0 unspecified atom stereocenters. The van der Waals surface area contributed by atoms with E-state index in [2.05, 4.69) is 35.3 Å². The Morgan fingerprint density at radius 1 is 0.889 bits per heavy atom. The van der Waals surface area contributed by atoms with Crippen LogP contribution in [0.3, 0.4) is 0 Å². The Bertz CT molecular complexity index is 1530. The summed E-state index contributed by atoms with van der Waals surface area (Å²) in [5.41, 5.74) is 6.82. The molecule has 1 fully saturated rings. The van der Waals surface area contributed by atoms with Gasteiger partial charge in [0.2, 0.25) is 5.91 Å². The number of aliphatic hydroxyl groups excluding tert-OH is 2. The number of nitrogens with zero attached hydrogens (tertiary/aromatic N) is 1. The quantitative estimate of drug-likeness (QED) is 0.184. The Labute approximate surface area is 266 Å². The molecule has 1 amide bonds. The Hall–Kier alpha value is -3.85. The summed E-state index contributed by atoms with van der Waals surface area (Å²) in [7, 11) is 2.02. The maximum Gasteiger partial charge on any atom is 0.217 e. The average molecular weight is 609 g/mol. The molecule has 1 saturated heterocycles. The van der Waals surface area contributed by atoms with Gasteiger partial charge in [-0.05, 0) is 47.4 Å². The van der Waals surface area contributed by atoms with Gasteiger partial charge in [0, 0.05) is 37.5 Å². The number of hydrogen-bond donors (Lipinski definition) is 3. The second-order valence-electron chi connectivity index (χ2n) is 12.0. The van der Waals surface area contributed by atoms with Crippen molar-refractivity contribution in [3.63, 3.8) is 0 Å². The molecule has 0 radical (unpaired) electrons. The second kappa shape index (κ2) is 15.0. The van der Waals surface area contributed by atoms with Crippen LogP contribution in [0.2, 0.25) is 0 Å². The van der Waals surface area contributed by atoms with Crippen LogP contribution in [0.15, 0.2) is 103 Å². The van der Waals surface area contributed by atoms with E-state index < -0.39 is 12.4 Å². The molecule has 3 N–H and O–H groups in total. The number of carbonyl (C=O) groups is 1. The van der Waals surface area contributed by atoms with E-state index >= 15 is 0 Å². The molecule has 0 bridgehead atoms. The van der Waals surface area contributed by atoms with Crippen LogP contribution in [0.25, 0.3) is 11.1 Å². The number of nitrogens with one attached hydrogen (secondary N) is 1. The Morgan fingerprint density at radius 2 is 1.53 bits per heavy atom. The maximum atomic E-state index is 11.5. The molecule has 4 aromatic rings. The molecule has 1 heterocycles. The molecular formula is C38H44N2O5. The van der Waals surface area contributed by atoms with Gasteiger partial charge in [0.05, 0.1) is 24.9 Å². The highest BCUT2D eigenvalue weighted by Crippen LogP contribution is 2.42. The number of rotatable bonds is 11. The molecule has 236 valence electrons. The lowest BCUT2D eigenvalue weighted by Crippen LogP contribution is -2.46. The van der Waals surface area contributed by atoms with Crippen LogP contribution in [0, 0.1) is 5.92 Å². The molecule has 0 saturated carbocycles. The number of aliphatic hydroxyl groups is 2. The van der Waals surface area contributed by atoms with Crippen molar-refractivity contribution < 1.29 is 24.5 Å². The standard InChI is InChI=1S/C38H44N2O5/c1-25-35(23-40(4)26(2)36(43)30-10-6-5-7-11-30)44-38(45-37(25)31-16-14-28(24-41)15-17-31)32-20-18-29(19-21-32)34-13-9-8-12-33(34)22-39-27(3)42/h5-21,25-26,35-38,41,43H,22-24H2,1-4H3,(H,39,42)/t25-,26+,35+,36+,37+,38+/m0/s1. The third kappa shape index (κ3) is 7.87. The van der Waals surface area contributed by atoms with E-state index in [9.17, 15) is 15.0 Å². The number of benzene rings is 4. The number of amides is 1. The fraction of sp³-hybridized carbons (Fsp3) is 0.342. The van der Waals surface area contributed by atoms with Gasteiger partial charge in [-0.1, -0.05) is 110 Å². The summed E-state index contributed by atoms with van der Waals surface area (Å²) in [6.45, 7) is 6.75. The fourth-order valence-electron chi connectivity index (χ4n) is 5.94. The van der Waals surface area contributed by atoms with Crippen molar-refractivity contribution in [1.82, 2.24) is 10.2 Å². The molecule has 1 aliphatic heterocycles. The predicted molar refractivity (Wildman–Crippen MR) is 176 cm³/mol. The van der Waals surface area contributed by atoms with Gasteiger partial charge in [0.1, 0.15) is 0 Å². The first-order chi connectivity index (χ1) is 21.7. The van der Waals surface area contributed by atoms with E-state index in [0.29, 0.717) is 13.1 Å². The fourth-order valence-corrected chi connectivity index (χ4v) is 5.94. The van der Waals surface area contributed by atoms with Crippen molar-refractivity contribution in [3.8, 4) is 11.1 Å². The van der Waals surface area contributed by atoms with E-state index in [0.717, 1.165) is 38.9 Å². The van der Waals surface area contributed by atoms with E-state index in [1.54, 1.807) is 0 Å². The van der Waals surface area contributed by atoms with Crippen LogP contribution in [0.1, 0.15) is 67.1 Å². The molecule has 5 rings (SSSR count). The zero-order valence-corrected chi connectivity index (χ0v) is 26.5. The minimum atomic E-state index is -0.634. The molecule has 1 aliphatic rings. The molecule has 6 atom stereocenters. The van der Waals surface area contributed by atoms with Crippen LogP contribution < -0.4 is 5.32 Å². The van der Waals surface area contributed by atoms with Gasteiger partial charge in [-0.15, -0.1) is 0 Å². The third-order valence-electron chi connectivity index (χ3n) is 8.92. The molecule has 0 aliphatic carbocycles. The first-order valence-electron chi connectivity index (χ1n) is 15.6. The first-order valence-corrected chi connectivity index (χ1v) is 15.6. The van der Waals surface area contributed by atoms with E-state index in [4.69, 9.17) is 9.47 Å². The van der Waals surface area contributed by atoms with Crippen molar-refractivity contribution in [2.45, 2.75) is 64.6 Å². The second-order valence-corrected chi connectivity index (χ2v) is 12.0. The van der Waals surface area contributed by atoms with Crippen molar-refractivity contribution in [3.05, 3.63) is 131 Å². The average Bonchev–Trinajstić information content (AvgIpc) is 3.08. The predicted octanol–water partition coefficient (Wildman–Crippen LogP) is 6.33. The van der Waals surface area contributed by atoms with Crippen LogP contribution in [-0.2, 0) is 27.4 Å². The zero-order valence-electron chi connectivity index (χ0n) is 26.5. The summed E-state index contributed by atoms with van der Waals surface area (Å²) in [5, 5.41) is 23.6. The van der Waals surface area contributed by atoms with Gasteiger partial charge >= 0.3 is 0 Å². The molecule has 45 heavy (non-hydrogen) atoms. The van der Waals surface area contributed by atoms with Gasteiger partial charge in [0.15, 0.2) is 6.29 Å². The summed E-state index contributed by atoms with van der Waals surface area (Å²) in [6.07, 6.45) is -1.65. The van der Waals surface area contributed by atoms with Crippen molar-refractivity contribution in [1.29, 1.82) is 0 Å². The van der Waals surface area contributed by atoms with Crippen LogP contribution in [0.5, 0.6) is 0 Å². The maximum absolute atomic E-state index is 11.5. The molecule has 0 spiro atoms. The lowest BCUT2D eigenvalue weighted by Gasteiger charge is -2.43. The minimum absolute atomic E-state index is 0.0115. The highest BCUT2D eigenvalue weighted by Gasteiger charge is 2.39. The molecule has 4 aromatic carbocycles. The molecular weight excluding hydrogens is 564 g/mol. The number of likely N-dealkylation sites (N-methyl/N-ethyl adjacent to an activating group) is 1. The highest BCUT2D eigenvalue weighted by molar-refractivity contribution is 5.74. The highest BCUT2D eigenvalue weighted by atomic mass is 16.7. The van der Waals surface area contributed by atoms with Crippen LogP contribution in [0.4, 0.5) is 0 Å². The van der Waals surface area contributed by atoms with Crippen molar-refractivity contribution >= 4 is 5.91 Å². The van der Waals surface area contributed by atoms with E-state index in [-0.39, 0.29) is 36.7 Å². The van der Waals surface area contributed by atoms with Crippen LogP contribution >= 0.6 is 0 Å². The van der Waals surface area contributed by atoms with Gasteiger partial charge in [0.25, 0.3) is 0 Å². The summed E-state index contributed by atoms with van der Waals surface area (Å²) < 4.78 is 13.4. The smallest absolute Gasteiger partial charge is 0.217 e. The van der Waals surface area contributed by atoms with Gasteiger partial charge in [-0.25, -0.2) is 0 Å². The minimum Gasteiger partial charge on any atom is -0.392 e. The topological polar surface area (TPSA) is 91.3 Å². The monoisotopic (exact) mass is 608 g/mol. The largest absolute Gasteiger partial charge is 0.392 e. The SMILES string of the molecule is CC(=O)NCc1ccccc1-c1ccc([C@@H]2O[C@H](CN(C)[C@H](C)[C@@H](O)c3ccccc3)[C@H](C)[C@H](c3ccc(CO)cc3)O2)cc1. The summed E-state index contributed by atoms with van der Waals surface area (Å²) in [5.74, 6) is -0.0460. The van der Waals surface area contributed by atoms with Crippen LogP contribution in [-0.4, -0.2) is 46.8 Å². The number of ether oxygens (including phenoxy) is 2. The summed E-state index contributed by atoms with van der Waals surface area (Å²) in [4.78, 5) is 13.7.